The number of esters is 1. The van der Waals surface area contributed by atoms with Crippen molar-refractivity contribution in [3.05, 3.63) is 76.2 Å². The van der Waals surface area contributed by atoms with Gasteiger partial charge in [0.25, 0.3) is 0 Å². The second kappa shape index (κ2) is 6.72. The van der Waals surface area contributed by atoms with Gasteiger partial charge in [-0.2, -0.15) is 0 Å². The molecule has 130 valence electrons. The molecule has 0 saturated heterocycles. The molecular weight excluding hydrogens is 348 g/mol. The third kappa shape index (κ3) is 2.68. The van der Waals surface area contributed by atoms with Crippen LogP contribution in [0, 0.1) is 5.41 Å². The number of anilines is 1. The van der Waals surface area contributed by atoms with Gasteiger partial charge < -0.3 is 9.47 Å². The van der Waals surface area contributed by atoms with E-state index >= 15 is 0 Å². The zero-order valence-electron chi connectivity index (χ0n) is 14.1. The van der Waals surface area contributed by atoms with Gasteiger partial charge in [0.1, 0.15) is 5.03 Å². The molecule has 26 heavy (non-hydrogen) atoms. The fourth-order valence-corrected chi connectivity index (χ4v) is 3.97. The Labute approximate surface area is 155 Å². The Morgan fingerprint density at radius 3 is 2.65 bits per heavy atom. The van der Waals surface area contributed by atoms with E-state index in [0.717, 1.165) is 16.9 Å². The molecule has 2 aromatic rings. The lowest BCUT2D eigenvalue weighted by molar-refractivity contribution is -0.138. The molecule has 0 spiro atoms. The summed E-state index contributed by atoms with van der Waals surface area (Å²) < 4.78 is 10.9. The lowest BCUT2D eigenvalue weighted by atomic mass is 10.1. The van der Waals surface area contributed by atoms with Crippen LogP contribution in [0.15, 0.2) is 70.6 Å². The number of hydrogen-bond donors (Lipinski definition) is 1. The van der Waals surface area contributed by atoms with Gasteiger partial charge in [-0.3, -0.25) is 10.3 Å². The fourth-order valence-electron chi connectivity index (χ4n) is 2.91. The van der Waals surface area contributed by atoms with Gasteiger partial charge in [-0.1, -0.05) is 54.2 Å². The van der Waals surface area contributed by atoms with Crippen LogP contribution in [0.4, 0.5) is 5.69 Å². The third-order valence-electron chi connectivity index (χ3n) is 4.03. The second-order valence-electron chi connectivity index (χ2n) is 5.62. The largest absolute Gasteiger partial charge is 0.462 e. The predicted octanol–water partition coefficient (Wildman–Crippen LogP) is 4.38. The number of benzene rings is 2. The molecule has 0 radical (unpaired) electrons. The number of nitrogens with one attached hydrogen (secondary N) is 1. The lowest BCUT2D eigenvalue weighted by Gasteiger charge is -2.24. The van der Waals surface area contributed by atoms with E-state index in [0.29, 0.717) is 10.8 Å². The molecule has 0 aliphatic carbocycles. The number of nitrogens with zero attached hydrogens (tertiary/aromatic N) is 1. The van der Waals surface area contributed by atoms with E-state index in [1.807, 2.05) is 58.8 Å². The third-order valence-corrected chi connectivity index (χ3v) is 4.99. The Bertz CT molecular complexity index is 951. The Morgan fingerprint density at radius 1 is 1.15 bits per heavy atom. The van der Waals surface area contributed by atoms with Gasteiger partial charge in [0.15, 0.2) is 11.3 Å². The maximum Gasteiger partial charge on any atom is 0.346 e. The molecule has 0 unspecified atom stereocenters. The minimum absolute atomic E-state index is 0.134. The van der Waals surface area contributed by atoms with Gasteiger partial charge in [0.2, 0.25) is 5.90 Å². The number of fused-ring (bicyclic) bond motifs is 3. The SMILES string of the molecule is CCOC(=O)C1=C2SC=C(c3ccccc3)N2c2ccccc2OC1=N. The van der Waals surface area contributed by atoms with Crippen molar-refractivity contribution < 1.29 is 14.3 Å². The minimum Gasteiger partial charge on any atom is -0.462 e. The van der Waals surface area contributed by atoms with Gasteiger partial charge in [0.05, 0.1) is 18.0 Å². The zero-order valence-corrected chi connectivity index (χ0v) is 14.9. The van der Waals surface area contributed by atoms with E-state index in [-0.39, 0.29) is 18.1 Å². The molecule has 5 nitrogen and oxygen atoms in total. The Morgan fingerprint density at radius 2 is 1.88 bits per heavy atom. The van der Waals surface area contributed by atoms with Crippen molar-refractivity contribution in [1.82, 2.24) is 0 Å². The average Bonchev–Trinajstić information content (AvgIpc) is 3.02. The summed E-state index contributed by atoms with van der Waals surface area (Å²) in [6.07, 6.45) is 0. The molecule has 2 aromatic carbocycles. The maximum absolute atomic E-state index is 12.5. The summed E-state index contributed by atoms with van der Waals surface area (Å²) in [7, 11) is 0. The van der Waals surface area contributed by atoms with Crippen LogP contribution in [0.25, 0.3) is 5.70 Å². The number of hydrogen-bond acceptors (Lipinski definition) is 6. The van der Waals surface area contributed by atoms with Gasteiger partial charge in [-0.25, -0.2) is 4.79 Å². The first-order chi connectivity index (χ1) is 12.7. The summed E-state index contributed by atoms with van der Waals surface area (Å²) in [5.41, 5.74) is 2.86. The number of ether oxygens (including phenoxy) is 2. The summed E-state index contributed by atoms with van der Waals surface area (Å²) in [4.78, 5) is 14.5. The molecule has 0 bridgehead atoms. The highest BCUT2D eigenvalue weighted by Crippen LogP contribution is 2.49. The van der Waals surface area contributed by atoms with E-state index < -0.39 is 5.97 Å². The van der Waals surface area contributed by atoms with Crippen LogP contribution in [-0.4, -0.2) is 18.5 Å². The van der Waals surface area contributed by atoms with Crippen LogP contribution in [0.1, 0.15) is 12.5 Å². The van der Waals surface area contributed by atoms with Gasteiger partial charge in [0, 0.05) is 5.41 Å². The van der Waals surface area contributed by atoms with E-state index in [1.165, 1.54) is 11.8 Å². The molecule has 0 fully saturated rings. The number of carbonyl (C=O) groups excluding carboxylic acids is 1. The fraction of sp³-hybridized carbons (Fsp3) is 0.100. The quantitative estimate of drug-likeness (QED) is 0.819. The van der Waals surface area contributed by atoms with Crippen LogP contribution in [-0.2, 0) is 9.53 Å². The Kier molecular flexibility index (Phi) is 4.26. The average molecular weight is 364 g/mol. The van der Waals surface area contributed by atoms with Crippen molar-refractivity contribution in [2.45, 2.75) is 6.92 Å². The van der Waals surface area contributed by atoms with Crippen LogP contribution in [0.5, 0.6) is 5.75 Å². The highest BCUT2D eigenvalue weighted by atomic mass is 32.2. The first-order valence-electron chi connectivity index (χ1n) is 8.20. The first kappa shape index (κ1) is 16.5. The molecule has 2 aliphatic rings. The number of carbonyl (C=O) groups is 1. The molecule has 0 amide bonds. The van der Waals surface area contributed by atoms with Crippen molar-refractivity contribution in [3.63, 3.8) is 0 Å². The van der Waals surface area contributed by atoms with Crippen molar-refractivity contribution in [1.29, 1.82) is 5.41 Å². The summed E-state index contributed by atoms with van der Waals surface area (Å²) in [6.45, 7) is 1.98. The normalized spacial score (nSPS) is 15.7. The summed E-state index contributed by atoms with van der Waals surface area (Å²) >= 11 is 1.39. The number of thioether (sulfide) groups is 1. The first-order valence-corrected chi connectivity index (χ1v) is 9.08. The minimum atomic E-state index is -0.555. The predicted molar refractivity (Wildman–Crippen MR) is 103 cm³/mol. The highest BCUT2D eigenvalue weighted by molar-refractivity contribution is 8.06. The highest BCUT2D eigenvalue weighted by Gasteiger charge is 2.37. The Hall–Kier alpha value is -2.99. The smallest absolute Gasteiger partial charge is 0.346 e. The topological polar surface area (TPSA) is 62.6 Å². The second-order valence-corrected chi connectivity index (χ2v) is 6.48. The van der Waals surface area contributed by atoms with E-state index in [9.17, 15) is 4.79 Å². The molecule has 1 N–H and O–H groups in total. The van der Waals surface area contributed by atoms with Crippen molar-refractivity contribution in [3.8, 4) is 5.75 Å². The molecule has 4 rings (SSSR count). The van der Waals surface area contributed by atoms with E-state index in [1.54, 1.807) is 13.0 Å². The number of rotatable bonds is 3. The van der Waals surface area contributed by atoms with E-state index in [4.69, 9.17) is 14.9 Å². The molecule has 0 atom stereocenters. The molecule has 0 saturated carbocycles. The Balaban J connectivity index is 1.91. The zero-order chi connectivity index (χ0) is 18.1. The number of para-hydroxylation sites is 2. The van der Waals surface area contributed by atoms with Crippen LogP contribution in [0.2, 0.25) is 0 Å². The standard InChI is InChI=1S/C20H16N2O3S/c1-2-24-20(23)17-18(21)25-16-11-7-6-10-14(16)22-15(12-26-19(17)22)13-8-4-3-5-9-13/h3-12,21H,2H2,1H3. The van der Waals surface area contributed by atoms with Gasteiger partial charge in [-0.05, 0) is 24.6 Å². The van der Waals surface area contributed by atoms with Gasteiger partial charge in [-0.15, -0.1) is 0 Å². The molecule has 2 aliphatic heterocycles. The van der Waals surface area contributed by atoms with Crippen molar-refractivity contribution >= 4 is 35.0 Å². The van der Waals surface area contributed by atoms with Crippen LogP contribution >= 0.6 is 11.8 Å². The van der Waals surface area contributed by atoms with Crippen LogP contribution < -0.4 is 9.64 Å². The molecule has 6 heteroatoms. The van der Waals surface area contributed by atoms with Crippen molar-refractivity contribution in [2.75, 3.05) is 11.5 Å². The molecule has 2 heterocycles. The summed E-state index contributed by atoms with van der Waals surface area (Å²) in [5.74, 6) is -0.234. The van der Waals surface area contributed by atoms with Crippen LogP contribution in [0.3, 0.4) is 0 Å². The maximum atomic E-state index is 12.5. The molecular formula is C20H16N2O3S. The summed E-state index contributed by atoms with van der Waals surface area (Å²) in [5, 5.41) is 10.9. The monoisotopic (exact) mass is 364 g/mol. The van der Waals surface area contributed by atoms with Gasteiger partial charge >= 0.3 is 5.97 Å². The van der Waals surface area contributed by atoms with E-state index in [2.05, 4.69) is 0 Å². The van der Waals surface area contributed by atoms with Crippen molar-refractivity contribution in [2.24, 2.45) is 0 Å². The summed E-state index contributed by atoms with van der Waals surface area (Å²) in [6, 6.07) is 17.4. The molecule has 0 aromatic heterocycles. The lowest BCUT2D eigenvalue weighted by Crippen LogP contribution is -2.23.